The fourth-order valence-corrected chi connectivity index (χ4v) is 2.18. The average Bonchev–Trinajstić information content (AvgIpc) is 2.46. The second-order valence-corrected chi connectivity index (χ2v) is 5.03. The van der Waals surface area contributed by atoms with Crippen LogP contribution in [0, 0.1) is 25.2 Å². The van der Waals surface area contributed by atoms with Gasteiger partial charge in [0.25, 0.3) is 0 Å². The van der Waals surface area contributed by atoms with Gasteiger partial charge in [0, 0.05) is 6.42 Å². The summed E-state index contributed by atoms with van der Waals surface area (Å²) in [5.41, 5.74) is 3.51. The molecule has 0 aliphatic heterocycles. The summed E-state index contributed by atoms with van der Waals surface area (Å²) in [5.74, 6) is 0.801. The zero-order valence-electron chi connectivity index (χ0n) is 12.0. The first-order valence-electron chi connectivity index (χ1n) is 6.86. The van der Waals surface area contributed by atoms with Crippen LogP contribution in [0.3, 0.4) is 0 Å². The van der Waals surface area contributed by atoms with E-state index < -0.39 is 6.10 Å². The van der Waals surface area contributed by atoms with Gasteiger partial charge in [0.1, 0.15) is 11.8 Å². The van der Waals surface area contributed by atoms with E-state index in [9.17, 15) is 5.26 Å². The Kier molecular flexibility index (Phi) is 4.79. The van der Waals surface area contributed by atoms with E-state index in [4.69, 9.17) is 4.74 Å². The van der Waals surface area contributed by atoms with Gasteiger partial charge in [-0.1, -0.05) is 48.0 Å². The monoisotopic (exact) mass is 265 g/mol. The van der Waals surface area contributed by atoms with Crippen molar-refractivity contribution >= 4 is 0 Å². The molecule has 1 unspecified atom stereocenters. The molecule has 0 bridgehead atoms. The zero-order valence-corrected chi connectivity index (χ0v) is 12.0. The highest BCUT2D eigenvalue weighted by molar-refractivity contribution is 5.36. The molecule has 0 aliphatic rings. The number of ether oxygens (including phenoxy) is 1. The summed E-state index contributed by atoms with van der Waals surface area (Å²) in [4.78, 5) is 0. The molecule has 0 radical (unpaired) electrons. The second-order valence-electron chi connectivity index (χ2n) is 5.03. The SMILES string of the molecule is Cc1ccc(OC(C#N)CCc2ccccc2)c(C)c1. The Balaban J connectivity index is 1.97. The van der Waals surface area contributed by atoms with Crippen LogP contribution in [0.15, 0.2) is 48.5 Å². The molecule has 2 aromatic rings. The molecule has 0 amide bonds. The van der Waals surface area contributed by atoms with Crippen LogP contribution in [-0.4, -0.2) is 6.10 Å². The number of nitrogens with zero attached hydrogens (tertiary/aromatic N) is 1. The summed E-state index contributed by atoms with van der Waals surface area (Å²) in [7, 11) is 0. The van der Waals surface area contributed by atoms with Crippen LogP contribution in [0.4, 0.5) is 0 Å². The second kappa shape index (κ2) is 6.77. The van der Waals surface area contributed by atoms with Gasteiger partial charge in [0.2, 0.25) is 0 Å². The summed E-state index contributed by atoms with van der Waals surface area (Å²) >= 11 is 0. The van der Waals surface area contributed by atoms with Gasteiger partial charge in [-0.3, -0.25) is 0 Å². The van der Waals surface area contributed by atoms with E-state index in [0.29, 0.717) is 6.42 Å². The molecule has 0 spiro atoms. The number of aryl methyl sites for hydroxylation is 3. The Hall–Kier alpha value is -2.27. The quantitative estimate of drug-likeness (QED) is 0.811. The van der Waals surface area contributed by atoms with Gasteiger partial charge in [0.15, 0.2) is 6.10 Å². The first-order chi connectivity index (χ1) is 9.69. The number of nitriles is 1. The Bertz CT molecular complexity index is 599. The highest BCUT2D eigenvalue weighted by atomic mass is 16.5. The van der Waals surface area contributed by atoms with Gasteiger partial charge in [0.05, 0.1) is 0 Å². The van der Waals surface area contributed by atoms with Crippen LogP contribution >= 0.6 is 0 Å². The molecule has 0 saturated heterocycles. The molecule has 0 saturated carbocycles. The molecule has 1 atom stereocenters. The first kappa shape index (κ1) is 14.1. The highest BCUT2D eigenvalue weighted by Crippen LogP contribution is 2.21. The van der Waals surface area contributed by atoms with Crippen molar-refractivity contribution in [3.63, 3.8) is 0 Å². The Morgan fingerprint density at radius 3 is 2.50 bits per heavy atom. The number of rotatable bonds is 5. The fraction of sp³-hybridized carbons (Fsp3) is 0.278. The molecule has 0 aromatic heterocycles. The third-order valence-corrected chi connectivity index (χ3v) is 3.28. The first-order valence-corrected chi connectivity index (χ1v) is 6.86. The largest absolute Gasteiger partial charge is 0.475 e. The van der Waals surface area contributed by atoms with Crippen molar-refractivity contribution in [3.8, 4) is 11.8 Å². The van der Waals surface area contributed by atoms with Crippen LogP contribution in [0.25, 0.3) is 0 Å². The molecule has 0 heterocycles. The molecule has 102 valence electrons. The lowest BCUT2D eigenvalue weighted by Gasteiger charge is -2.14. The molecule has 2 rings (SSSR count). The predicted octanol–water partition coefficient (Wildman–Crippen LogP) is 4.21. The van der Waals surface area contributed by atoms with E-state index in [1.54, 1.807) is 0 Å². The third-order valence-electron chi connectivity index (χ3n) is 3.28. The summed E-state index contributed by atoms with van der Waals surface area (Å²) < 4.78 is 5.81. The molecule has 0 N–H and O–H groups in total. The zero-order chi connectivity index (χ0) is 14.4. The van der Waals surface area contributed by atoms with E-state index in [1.807, 2.05) is 44.2 Å². The van der Waals surface area contributed by atoms with Crippen molar-refractivity contribution in [1.29, 1.82) is 5.26 Å². The van der Waals surface area contributed by atoms with Crippen LogP contribution in [0.2, 0.25) is 0 Å². The van der Waals surface area contributed by atoms with Crippen molar-refractivity contribution < 1.29 is 4.74 Å². The van der Waals surface area contributed by atoms with Crippen molar-refractivity contribution in [2.24, 2.45) is 0 Å². The van der Waals surface area contributed by atoms with Gasteiger partial charge in [-0.2, -0.15) is 5.26 Å². The standard InChI is InChI=1S/C18H19NO/c1-14-8-11-18(15(2)12-14)20-17(13-19)10-9-16-6-4-3-5-7-16/h3-8,11-12,17H,9-10H2,1-2H3. The molecular weight excluding hydrogens is 246 g/mol. The van der Waals surface area contributed by atoms with E-state index in [1.165, 1.54) is 11.1 Å². The fourth-order valence-electron chi connectivity index (χ4n) is 2.18. The minimum atomic E-state index is -0.406. The van der Waals surface area contributed by atoms with Crippen molar-refractivity contribution in [2.75, 3.05) is 0 Å². The maximum absolute atomic E-state index is 9.24. The smallest absolute Gasteiger partial charge is 0.184 e. The number of hydrogen-bond donors (Lipinski definition) is 0. The molecule has 0 fully saturated rings. The van der Waals surface area contributed by atoms with Gasteiger partial charge in [-0.05, 0) is 37.5 Å². The van der Waals surface area contributed by atoms with Crippen molar-refractivity contribution in [1.82, 2.24) is 0 Å². The van der Waals surface area contributed by atoms with Crippen LogP contribution < -0.4 is 4.74 Å². The van der Waals surface area contributed by atoms with Gasteiger partial charge in [-0.15, -0.1) is 0 Å². The maximum atomic E-state index is 9.24. The average molecular weight is 265 g/mol. The van der Waals surface area contributed by atoms with Gasteiger partial charge in [-0.25, -0.2) is 0 Å². The van der Waals surface area contributed by atoms with Crippen molar-refractivity contribution in [3.05, 3.63) is 65.2 Å². The molecule has 2 heteroatoms. The summed E-state index contributed by atoms with van der Waals surface area (Å²) in [6, 6.07) is 18.4. The van der Waals surface area contributed by atoms with Gasteiger partial charge >= 0.3 is 0 Å². The topological polar surface area (TPSA) is 33.0 Å². The highest BCUT2D eigenvalue weighted by Gasteiger charge is 2.11. The molecule has 20 heavy (non-hydrogen) atoms. The van der Waals surface area contributed by atoms with E-state index in [-0.39, 0.29) is 0 Å². The summed E-state index contributed by atoms with van der Waals surface area (Å²) in [5, 5.41) is 9.24. The normalized spacial score (nSPS) is 11.7. The Labute approximate surface area is 120 Å². The van der Waals surface area contributed by atoms with E-state index in [2.05, 4.69) is 24.3 Å². The Morgan fingerprint density at radius 1 is 1.10 bits per heavy atom. The van der Waals surface area contributed by atoms with E-state index in [0.717, 1.165) is 17.7 Å². The minimum absolute atomic E-state index is 0.406. The Morgan fingerprint density at radius 2 is 1.85 bits per heavy atom. The molecule has 0 aliphatic carbocycles. The van der Waals surface area contributed by atoms with Gasteiger partial charge < -0.3 is 4.74 Å². The minimum Gasteiger partial charge on any atom is -0.475 e. The molecule has 2 aromatic carbocycles. The lowest BCUT2D eigenvalue weighted by molar-refractivity contribution is 0.244. The maximum Gasteiger partial charge on any atom is 0.184 e. The number of benzene rings is 2. The summed E-state index contributed by atoms with van der Waals surface area (Å²) in [6.07, 6.45) is 1.15. The van der Waals surface area contributed by atoms with Crippen LogP contribution in [-0.2, 0) is 6.42 Å². The predicted molar refractivity (Wildman–Crippen MR) is 80.7 cm³/mol. The molecule has 2 nitrogen and oxygen atoms in total. The lowest BCUT2D eigenvalue weighted by atomic mass is 10.1. The lowest BCUT2D eigenvalue weighted by Crippen LogP contribution is -2.15. The molecular formula is C18H19NO. The third kappa shape index (κ3) is 3.86. The summed E-state index contributed by atoms with van der Waals surface area (Å²) in [6.45, 7) is 4.06. The van der Waals surface area contributed by atoms with Crippen molar-refractivity contribution in [2.45, 2.75) is 32.8 Å². The number of hydrogen-bond acceptors (Lipinski definition) is 2. The van der Waals surface area contributed by atoms with Crippen LogP contribution in [0.1, 0.15) is 23.1 Å². The van der Waals surface area contributed by atoms with Crippen LogP contribution in [0.5, 0.6) is 5.75 Å². The van der Waals surface area contributed by atoms with E-state index >= 15 is 0 Å².